The van der Waals surface area contributed by atoms with Crippen LogP contribution in [0.2, 0.25) is 0 Å². The predicted molar refractivity (Wildman–Crippen MR) is 69.2 cm³/mol. The monoisotopic (exact) mass is 257 g/mol. The van der Waals surface area contributed by atoms with Gasteiger partial charge in [0.25, 0.3) is 0 Å². The van der Waals surface area contributed by atoms with E-state index in [0.29, 0.717) is 13.1 Å². The highest BCUT2D eigenvalue weighted by Crippen LogP contribution is 2.15. The van der Waals surface area contributed by atoms with Gasteiger partial charge in [-0.05, 0) is 27.7 Å². The number of alkyl halides is 1. The number of hydrogen-bond acceptors (Lipinski definition) is 2. The number of rotatable bonds is 5. The van der Waals surface area contributed by atoms with E-state index in [0.717, 1.165) is 23.5 Å². The Balaban J connectivity index is 2.93. The Kier molecular flexibility index (Phi) is 5.00. The van der Waals surface area contributed by atoms with Gasteiger partial charge >= 0.3 is 0 Å². The first-order chi connectivity index (χ1) is 8.04. The summed E-state index contributed by atoms with van der Waals surface area (Å²) < 4.78 is 1.96. The van der Waals surface area contributed by atoms with Gasteiger partial charge in [-0.25, -0.2) is 0 Å². The first kappa shape index (κ1) is 14.0. The normalized spacial score (nSPS) is 10.6. The molecule has 1 heterocycles. The van der Waals surface area contributed by atoms with E-state index in [1.165, 1.54) is 0 Å². The van der Waals surface area contributed by atoms with Crippen molar-refractivity contribution in [3.63, 3.8) is 0 Å². The summed E-state index contributed by atoms with van der Waals surface area (Å²) in [7, 11) is 0. The minimum Gasteiger partial charge on any atom is -0.337 e. The minimum absolute atomic E-state index is 0.0304. The average Bonchev–Trinajstić information content (AvgIpc) is 2.61. The second-order valence-corrected chi connectivity index (χ2v) is 4.27. The highest BCUT2D eigenvalue weighted by Gasteiger charge is 2.16. The molecule has 1 aromatic rings. The van der Waals surface area contributed by atoms with Crippen molar-refractivity contribution in [1.82, 2.24) is 14.7 Å². The number of nitrogens with zero attached hydrogens (tertiary/aromatic N) is 3. The number of hydrogen-bond donors (Lipinski definition) is 0. The number of aromatic nitrogens is 2. The molecule has 0 bridgehead atoms. The van der Waals surface area contributed by atoms with Gasteiger partial charge in [0, 0.05) is 30.9 Å². The quantitative estimate of drug-likeness (QED) is 0.758. The molecule has 0 saturated carbocycles. The third-order valence-corrected chi connectivity index (χ3v) is 3.26. The van der Waals surface area contributed by atoms with Crippen LogP contribution in [0.1, 0.15) is 30.8 Å². The van der Waals surface area contributed by atoms with Gasteiger partial charge < -0.3 is 4.90 Å². The van der Waals surface area contributed by atoms with Gasteiger partial charge in [-0.3, -0.25) is 9.48 Å². The molecule has 1 rings (SSSR count). The maximum atomic E-state index is 11.6. The van der Waals surface area contributed by atoms with Gasteiger partial charge in [-0.15, -0.1) is 11.6 Å². The molecule has 4 nitrogen and oxygen atoms in total. The molecule has 0 N–H and O–H groups in total. The topological polar surface area (TPSA) is 38.1 Å². The SMILES string of the molecule is CCN(Cc1c(C)nn(CC)c1C)C(=O)CCl. The van der Waals surface area contributed by atoms with Crippen LogP contribution < -0.4 is 0 Å². The van der Waals surface area contributed by atoms with Crippen LogP contribution in [0.5, 0.6) is 0 Å². The number of amides is 1. The van der Waals surface area contributed by atoms with Gasteiger partial charge in [0.1, 0.15) is 5.88 Å². The smallest absolute Gasteiger partial charge is 0.237 e. The molecule has 0 unspecified atom stereocenters. The van der Waals surface area contributed by atoms with E-state index < -0.39 is 0 Å². The first-order valence-electron chi connectivity index (χ1n) is 5.91. The van der Waals surface area contributed by atoms with Gasteiger partial charge in [-0.1, -0.05) is 0 Å². The Hall–Kier alpha value is -1.03. The maximum Gasteiger partial charge on any atom is 0.237 e. The lowest BCUT2D eigenvalue weighted by molar-refractivity contribution is -0.128. The molecule has 0 aliphatic carbocycles. The van der Waals surface area contributed by atoms with Crippen molar-refractivity contribution in [3.05, 3.63) is 17.0 Å². The van der Waals surface area contributed by atoms with Crippen LogP contribution in [0.25, 0.3) is 0 Å². The van der Waals surface area contributed by atoms with Crippen molar-refractivity contribution in [2.75, 3.05) is 12.4 Å². The molecule has 96 valence electrons. The van der Waals surface area contributed by atoms with Crippen molar-refractivity contribution in [2.45, 2.75) is 40.8 Å². The first-order valence-corrected chi connectivity index (χ1v) is 6.45. The standard InChI is InChI=1S/C12H20ClN3O/c1-5-15(12(17)7-13)8-11-9(3)14-16(6-2)10(11)4/h5-8H2,1-4H3. The van der Waals surface area contributed by atoms with E-state index in [-0.39, 0.29) is 11.8 Å². The summed E-state index contributed by atoms with van der Waals surface area (Å²) in [6.45, 7) is 10.2. The Bertz CT molecular complexity index is 401. The molecular formula is C12H20ClN3O. The van der Waals surface area contributed by atoms with Crippen molar-refractivity contribution in [2.24, 2.45) is 0 Å². The Morgan fingerprint density at radius 1 is 1.41 bits per heavy atom. The van der Waals surface area contributed by atoms with Gasteiger partial charge in [0.05, 0.1) is 5.69 Å². The summed E-state index contributed by atoms with van der Waals surface area (Å²) in [4.78, 5) is 13.4. The van der Waals surface area contributed by atoms with E-state index in [1.54, 1.807) is 4.90 Å². The van der Waals surface area contributed by atoms with Crippen molar-refractivity contribution < 1.29 is 4.79 Å². The summed E-state index contributed by atoms with van der Waals surface area (Å²) in [6.07, 6.45) is 0. The summed E-state index contributed by atoms with van der Waals surface area (Å²) in [5.41, 5.74) is 3.25. The van der Waals surface area contributed by atoms with E-state index in [9.17, 15) is 4.79 Å². The number of halogens is 1. The average molecular weight is 258 g/mol. The van der Waals surface area contributed by atoms with Crippen molar-refractivity contribution in [1.29, 1.82) is 0 Å². The zero-order chi connectivity index (χ0) is 13.0. The zero-order valence-corrected chi connectivity index (χ0v) is 11.7. The lowest BCUT2D eigenvalue weighted by Crippen LogP contribution is -2.31. The van der Waals surface area contributed by atoms with Crippen LogP contribution in [0.3, 0.4) is 0 Å². The van der Waals surface area contributed by atoms with Crippen LogP contribution in [0, 0.1) is 13.8 Å². The number of carbonyl (C=O) groups is 1. The van der Waals surface area contributed by atoms with Crippen LogP contribution in [-0.2, 0) is 17.9 Å². The number of aryl methyl sites for hydroxylation is 2. The van der Waals surface area contributed by atoms with Gasteiger partial charge in [0.2, 0.25) is 5.91 Å². The van der Waals surface area contributed by atoms with Gasteiger partial charge in [-0.2, -0.15) is 5.10 Å². The van der Waals surface area contributed by atoms with E-state index in [2.05, 4.69) is 12.0 Å². The van der Waals surface area contributed by atoms with Crippen LogP contribution in [-0.4, -0.2) is 33.0 Å². The van der Waals surface area contributed by atoms with Gasteiger partial charge in [0.15, 0.2) is 0 Å². The highest BCUT2D eigenvalue weighted by molar-refractivity contribution is 6.27. The maximum absolute atomic E-state index is 11.6. The van der Waals surface area contributed by atoms with Crippen molar-refractivity contribution in [3.8, 4) is 0 Å². The van der Waals surface area contributed by atoms with Crippen LogP contribution in [0.4, 0.5) is 0 Å². The molecule has 0 aromatic carbocycles. The molecule has 17 heavy (non-hydrogen) atoms. The van der Waals surface area contributed by atoms with Crippen molar-refractivity contribution >= 4 is 17.5 Å². The minimum atomic E-state index is -0.0304. The molecule has 0 spiro atoms. The van der Waals surface area contributed by atoms with Crippen LogP contribution in [0.15, 0.2) is 0 Å². The molecule has 0 saturated heterocycles. The molecule has 0 fully saturated rings. The highest BCUT2D eigenvalue weighted by atomic mass is 35.5. The molecule has 5 heteroatoms. The second-order valence-electron chi connectivity index (χ2n) is 4.01. The fourth-order valence-electron chi connectivity index (χ4n) is 1.92. The molecule has 0 atom stereocenters. The summed E-state index contributed by atoms with van der Waals surface area (Å²) >= 11 is 5.59. The Morgan fingerprint density at radius 3 is 2.47 bits per heavy atom. The second kappa shape index (κ2) is 6.05. The zero-order valence-electron chi connectivity index (χ0n) is 11.0. The van der Waals surface area contributed by atoms with E-state index >= 15 is 0 Å². The molecular weight excluding hydrogens is 238 g/mol. The van der Waals surface area contributed by atoms with Crippen LogP contribution >= 0.6 is 11.6 Å². The number of carbonyl (C=O) groups excluding carboxylic acids is 1. The summed E-state index contributed by atoms with van der Waals surface area (Å²) in [5, 5.41) is 4.45. The third kappa shape index (κ3) is 3.00. The largest absolute Gasteiger partial charge is 0.337 e. The molecule has 1 aromatic heterocycles. The molecule has 0 radical (unpaired) electrons. The Morgan fingerprint density at radius 2 is 2.06 bits per heavy atom. The predicted octanol–water partition coefficient (Wildman–Crippen LogP) is 2.11. The molecule has 1 amide bonds. The third-order valence-electron chi connectivity index (χ3n) is 3.03. The lowest BCUT2D eigenvalue weighted by Gasteiger charge is -2.20. The Labute approximate surface area is 108 Å². The fraction of sp³-hybridized carbons (Fsp3) is 0.667. The molecule has 0 aliphatic rings. The lowest BCUT2D eigenvalue weighted by atomic mass is 10.2. The van der Waals surface area contributed by atoms with E-state index in [1.807, 2.05) is 25.5 Å². The fourth-order valence-corrected chi connectivity index (χ4v) is 2.09. The molecule has 0 aliphatic heterocycles. The summed E-state index contributed by atoms with van der Waals surface area (Å²) in [5.74, 6) is 0.00521. The van der Waals surface area contributed by atoms with E-state index in [4.69, 9.17) is 11.6 Å². The summed E-state index contributed by atoms with van der Waals surface area (Å²) in [6, 6.07) is 0.